The number of allylic oxidation sites excluding steroid dienone is 1. The Bertz CT molecular complexity index is 2130. The van der Waals surface area contributed by atoms with Gasteiger partial charge in [-0.3, -0.25) is 0 Å². The molecule has 0 N–H and O–H groups in total. The van der Waals surface area contributed by atoms with E-state index >= 15 is 0 Å². The van der Waals surface area contributed by atoms with Crippen LogP contribution in [-0.2, 0) is 54.8 Å². The number of fused-ring (bicyclic) bond motifs is 5. The second-order valence-corrected chi connectivity index (χ2v) is 22.1. The van der Waals surface area contributed by atoms with Gasteiger partial charge in [-0.2, -0.15) is 0 Å². The Morgan fingerprint density at radius 1 is 0.597 bits per heavy atom. The first-order valence-electron chi connectivity index (χ1n) is 26.3. The van der Waals surface area contributed by atoms with E-state index in [0.29, 0.717) is 38.4 Å². The van der Waals surface area contributed by atoms with Gasteiger partial charge in [-0.1, -0.05) is 187 Å². The third-order valence-corrected chi connectivity index (χ3v) is 17.4. The number of rotatable bonds is 20. The zero-order chi connectivity index (χ0) is 46.2. The van der Waals surface area contributed by atoms with Crippen LogP contribution in [0.5, 0.6) is 0 Å². The van der Waals surface area contributed by atoms with Crippen molar-refractivity contribution < 1.29 is 28.4 Å². The third kappa shape index (κ3) is 11.4. The molecule has 4 aromatic carbocycles. The van der Waals surface area contributed by atoms with Gasteiger partial charge in [0.25, 0.3) is 0 Å². The molecule has 4 fully saturated rings. The first kappa shape index (κ1) is 48.4. The molecule has 1 aliphatic heterocycles. The lowest BCUT2D eigenvalue weighted by atomic mass is 9.47. The molecule has 13 atom stereocenters. The average molecular weight is 909 g/mol. The van der Waals surface area contributed by atoms with Crippen molar-refractivity contribution in [2.24, 2.45) is 46.3 Å². The lowest BCUT2D eigenvalue weighted by Crippen LogP contribution is -2.62. The lowest BCUT2D eigenvalue weighted by molar-refractivity contribution is -0.337. The fourth-order valence-corrected chi connectivity index (χ4v) is 13.8. The molecule has 0 aromatic heterocycles. The normalized spacial score (nSPS) is 33.1. The Hall–Kier alpha value is -3.62. The van der Waals surface area contributed by atoms with Crippen LogP contribution in [0.3, 0.4) is 0 Å². The van der Waals surface area contributed by atoms with Crippen molar-refractivity contribution in [2.45, 2.75) is 168 Å². The molecule has 1 heterocycles. The fourth-order valence-electron chi connectivity index (χ4n) is 13.8. The van der Waals surface area contributed by atoms with Crippen molar-refractivity contribution in [2.75, 3.05) is 6.61 Å². The zero-order valence-electron chi connectivity index (χ0n) is 41.3. The summed E-state index contributed by atoms with van der Waals surface area (Å²) in [6.45, 7) is 14.7. The molecule has 4 aliphatic carbocycles. The van der Waals surface area contributed by atoms with Crippen molar-refractivity contribution in [1.82, 2.24) is 0 Å². The molecule has 0 radical (unpaired) electrons. The molecule has 360 valence electrons. The molecule has 0 amide bonds. The van der Waals surface area contributed by atoms with Crippen molar-refractivity contribution in [3.63, 3.8) is 0 Å². The van der Waals surface area contributed by atoms with Crippen LogP contribution >= 0.6 is 0 Å². The largest absolute Gasteiger partial charge is 0.374 e. The summed E-state index contributed by atoms with van der Waals surface area (Å²) in [4.78, 5) is 0. The first-order chi connectivity index (χ1) is 32.7. The van der Waals surface area contributed by atoms with Crippen LogP contribution in [0, 0.1) is 46.3 Å². The quantitative estimate of drug-likeness (QED) is 0.0824. The molecule has 6 heteroatoms. The predicted molar refractivity (Wildman–Crippen MR) is 268 cm³/mol. The lowest BCUT2D eigenvalue weighted by Gasteiger charge is -2.58. The van der Waals surface area contributed by atoms with Gasteiger partial charge in [-0.05, 0) is 120 Å². The van der Waals surface area contributed by atoms with E-state index in [0.717, 1.165) is 77.0 Å². The van der Waals surface area contributed by atoms with Crippen molar-refractivity contribution >= 4 is 0 Å². The highest BCUT2D eigenvalue weighted by Crippen LogP contribution is 2.67. The Kier molecular flexibility index (Phi) is 16.2. The predicted octanol–water partition coefficient (Wildman–Crippen LogP) is 14.1. The summed E-state index contributed by atoms with van der Waals surface area (Å²) in [5.41, 5.74) is 6.70. The summed E-state index contributed by atoms with van der Waals surface area (Å²) in [7, 11) is 0. The number of hydrogen-bond donors (Lipinski definition) is 0. The smallest absolute Gasteiger partial charge is 0.187 e. The molecule has 0 spiro atoms. The highest BCUT2D eigenvalue weighted by Gasteiger charge is 2.59. The van der Waals surface area contributed by atoms with E-state index in [4.69, 9.17) is 28.4 Å². The van der Waals surface area contributed by atoms with E-state index in [2.05, 4.69) is 138 Å². The molecule has 5 aliphatic rings. The van der Waals surface area contributed by atoms with Crippen molar-refractivity contribution in [3.8, 4) is 0 Å². The Morgan fingerprint density at radius 2 is 1.16 bits per heavy atom. The van der Waals surface area contributed by atoms with E-state index in [1.54, 1.807) is 5.57 Å². The maximum atomic E-state index is 7.35. The molecule has 0 bridgehead atoms. The summed E-state index contributed by atoms with van der Waals surface area (Å²) in [5, 5.41) is 0. The van der Waals surface area contributed by atoms with Gasteiger partial charge in [-0.15, -0.1) is 0 Å². The second-order valence-electron chi connectivity index (χ2n) is 22.1. The third-order valence-electron chi connectivity index (χ3n) is 17.4. The van der Waals surface area contributed by atoms with E-state index in [1.165, 1.54) is 51.4 Å². The van der Waals surface area contributed by atoms with Gasteiger partial charge in [0.1, 0.15) is 24.4 Å². The van der Waals surface area contributed by atoms with E-state index in [1.807, 2.05) is 24.3 Å². The average Bonchev–Trinajstić information content (AvgIpc) is 3.71. The van der Waals surface area contributed by atoms with Crippen molar-refractivity contribution in [1.29, 1.82) is 0 Å². The van der Waals surface area contributed by atoms with E-state index in [-0.39, 0.29) is 11.5 Å². The molecule has 3 saturated carbocycles. The van der Waals surface area contributed by atoms with Crippen LogP contribution in [0.15, 0.2) is 133 Å². The highest BCUT2D eigenvalue weighted by molar-refractivity contribution is 5.26. The van der Waals surface area contributed by atoms with Crippen LogP contribution < -0.4 is 0 Å². The molecular formula is C61H80O6. The molecule has 3 unspecified atom stereocenters. The highest BCUT2D eigenvalue weighted by atomic mass is 16.7. The maximum Gasteiger partial charge on any atom is 0.187 e. The van der Waals surface area contributed by atoms with Crippen LogP contribution in [0.1, 0.15) is 128 Å². The molecular weight excluding hydrogens is 829 g/mol. The van der Waals surface area contributed by atoms with Gasteiger partial charge in [0, 0.05) is 0 Å². The van der Waals surface area contributed by atoms with E-state index < -0.39 is 30.7 Å². The van der Waals surface area contributed by atoms with Crippen LogP contribution in [0.25, 0.3) is 0 Å². The zero-order valence-corrected chi connectivity index (χ0v) is 41.3. The number of ether oxygens (including phenoxy) is 6. The van der Waals surface area contributed by atoms with Crippen LogP contribution in [-0.4, -0.2) is 43.4 Å². The van der Waals surface area contributed by atoms with Gasteiger partial charge in [0.2, 0.25) is 0 Å². The molecule has 67 heavy (non-hydrogen) atoms. The molecule has 9 rings (SSSR count). The topological polar surface area (TPSA) is 55.4 Å². The van der Waals surface area contributed by atoms with Gasteiger partial charge >= 0.3 is 0 Å². The summed E-state index contributed by atoms with van der Waals surface area (Å²) in [5.74, 6) is 4.89. The minimum atomic E-state index is -0.689. The minimum absolute atomic E-state index is 0.00236. The van der Waals surface area contributed by atoms with Gasteiger partial charge < -0.3 is 28.4 Å². The molecule has 1 saturated heterocycles. The summed E-state index contributed by atoms with van der Waals surface area (Å²) in [6.07, 6.45) is 14.0. The molecule has 4 aromatic rings. The standard InChI is InChI=1S/C61H80O6/c1-43(2)19-18-20-44(3)52-31-32-53-51-30-29-49-37-50(33-35-60(49,4)54(51)34-36-61(52,53)5)66-59-58(65-41-48-27-16-9-17-28-48)57(64-40-47-25-14-8-15-26-47)56(63-39-46-23-12-7-13-24-46)55(67-59)42-62-38-45-21-10-6-11-22-45/h6-17,21-29,43-44,50-59H,18-20,30-42H2,1-5H3/t44-,50+,51+,52-,53+,54+,55?,56-,57?,58?,59-,60+,61-/m1/s1. The number of hydrogen-bond acceptors (Lipinski definition) is 6. The second kappa shape index (κ2) is 22.4. The summed E-state index contributed by atoms with van der Waals surface area (Å²) >= 11 is 0. The summed E-state index contributed by atoms with van der Waals surface area (Å²) < 4.78 is 42.1. The number of benzene rings is 4. The fraction of sp³-hybridized carbons (Fsp3) is 0.574. The Morgan fingerprint density at radius 3 is 1.76 bits per heavy atom. The van der Waals surface area contributed by atoms with Gasteiger partial charge in [-0.25, -0.2) is 0 Å². The monoisotopic (exact) mass is 909 g/mol. The van der Waals surface area contributed by atoms with Gasteiger partial charge in [0.05, 0.1) is 39.1 Å². The van der Waals surface area contributed by atoms with Crippen LogP contribution in [0.2, 0.25) is 0 Å². The van der Waals surface area contributed by atoms with Gasteiger partial charge in [0.15, 0.2) is 6.29 Å². The van der Waals surface area contributed by atoms with Crippen molar-refractivity contribution in [3.05, 3.63) is 155 Å². The first-order valence-corrected chi connectivity index (χ1v) is 26.3. The summed E-state index contributed by atoms with van der Waals surface area (Å²) in [6, 6.07) is 41.5. The maximum absolute atomic E-state index is 7.35. The van der Waals surface area contributed by atoms with E-state index in [9.17, 15) is 0 Å². The molecule has 6 nitrogen and oxygen atoms in total. The SMILES string of the molecule is CC(C)CCC[C@@H](C)[C@H]1CC[C@H]2[C@@H]3CC=C4C[C@@H](O[C@@H]5OC(COCc6ccccc6)[C@@H](OCc6ccccc6)C(OCc6ccccc6)C5OCc5ccccc5)CC[C@]4(C)[C@H]3CC[C@]12C. The Labute approximate surface area is 403 Å². The Balaban J connectivity index is 0.963. The van der Waals surface area contributed by atoms with Crippen LogP contribution in [0.4, 0.5) is 0 Å². The minimum Gasteiger partial charge on any atom is -0.374 e.